The van der Waals surface area contributed by atoms with Gasteiger partial charge in [-0.15, -0.1) is 10.2 Å². The number of nitrogens with zero attached hydrogens (tertiary/aromatic N) is 3. The second-order valence-corrected chi connectivity index (χ2v) is 10.3. The van der Waals surface area contributed by atoms with Crippen LogP contribution in [0.1, 0.15) is 12.8 Å². The van der Waals surface area contributed by atoms with Crippen LogP contribution in [0.25, 0.3) is 10.6 Å². The number of benzene rings is 2. The summed E-state index contributed by atoms with van der Waals surface area (Å²) in [5.41, 5.74) is 0.730. The van der Waals surface area contributed by atoms with Crippen molar-refractivity contribution in [2.45, 2.75) is 17.7 Å². The Bertz CT molecular complexity index is 1210. The van der Waals surface area contributed by atoms with Crippen molar-refractivity contribution in [1.82, 2.24) is 14.5 Å². The summed E-state index contributed by atoms with van der Waals surface area (Å²) in [6, 6.07) is 12.5. The molecule has 1 fully saturated rings. The van der Waals surface area contributed by atoms with Gasteiger partial charge in [0.25, 0.3) is 0 Å². The van der Waals surface area contributed by atoms with E-state index in [1.807, 2.05) is 18.2 Å². The zero-order valence-corrected chi connectivity index (χ0v) is 18.6. The molecule has 1 saturated heterocycles. The smallest absolute Gasteiger partial charge is 0.245 e. The maximum Gasteiger partial charge on any atom is 0.245 e. The molecule has 2 aromatic carbocycles. The molecule has 1 aliphatic rings. The van der Waals surface area contributed by atoms with E-state index in [-0.39, 0.29) is 29.8 Å². The Morgan fingerprint density at radius 2 is 1.77 bits per heavy atom. The molecule has 162 valence electrons. The summed E-state index contributed by atoms with van der Waals surface area (Å²) in [7, 11) is -3.94. The average Bonchev–Trinajstić information content (AvgIpc) is 3.22. The van der Waals surface area contributed by atoms with Crippen molar-refractivity contribution in [1.29, 1.82) is 0 Å². The summed E-state index contributed by atoms with van der Waals surface area (Å²) in [6.07, 6.45) is 0.658. The van der Waals surface area contributed by atoms with Crippen molar-refractivity contribution in [2.75, 3.05) is 18.4 Å². The maximum absolute atomic E-state index is 13.9. The predicted octanol–water partition coefficient (Wildman–Crippen LogP) is 4.04. The Hall–Kier alpha value is -2.40. The molecule has 1 aromatic heterocycles. The highest BCUT2D eigenvalue weighted by Gasteiger charge is 2.33. The second-order valence-electron chi connectivity index (χ2n) is 6.99. The van der Waals surface area contributed by atoms with E-state index < -0.39 is 15.8 Å². The van der Waals surface area contributed by atoms with E-state index in [1.165, 1.54) is 33.8 Å². The third-order valence-electron chi connectivity index (χ3n) is 5.04. The van der Waals surface area contributed by atoms with E-state index >= 15 is 0 Å². The van der Waals surface area contributed by atoms with E-state index in [4.69, 9.17) is 11.6 Å². The first-order valence-electron chi connectivity index (χ1n) is 9.50. The molecule has 11 heteroatoms. The Kier molecular flexibility index (Phi) is 6.33. The van der Waals surface area contributed by atoms with E-state index in [0.717, 1.165) is 11.6 Å². The minimum atomic E-state index is -3.94. The Morgan fingerprint density at radius 1 is 1.10 bits per heavy atom. The fraction of sp³-hybridized carbons (Fsp3) is 0.250. The normalized spacial score (nSPS) is 15.7. The van der Waals surface area contributed by atoms with E-state index in [9.17, 15) is 17.6 Å². The van der Waals surface area contributed by atoms with Gasteiger partial charge in [0, 0.05) is 24.6 Å². The minimum Gasteiger partial charge on any atom is -0.300 e. The van der Waals surface area contributed by atoms with Gasteiger partial charge in [0.1, 0.15) is 10.7 Å². The van der Waals surface area contributed by atoms with E-state index in [0.29, 0.717) is 28.0 Å². The van der Waals surface area contributed by atoms with Crippen LogP contribution in [0.3, 0.4) is 0 Å². The molecule has 0 aliphatic carbocycles. The molecule has 4 rings (SSSR count). The van der Waals surface area contributed by atoms with Crippen LogP contribution in [-0.4, -0.2) is 41.9 Å². The number of piperidine rings is 1. The molecular weight excluding hydrogens is 463 g/mol. The van der Waals surface area contributed by atoms with Crippen molar-refractivity contribution in [3.8, 4) is 10.6 Å². The number of carbonyl (C=O) groups is 1. The zero-order valence-electron chi connectivity index (χ0n) is 16.2. The summed E-state index contributed by atoms with van der Waals surface area (Å²) in [4.78, 5) is 12.3. The lowest BCUT2D eigenvalue weighted by atomic mass is 9.97. The first-order chi connectivity index (χ1) is 14.9. The van der Waals surface area contributed by atoms with Gasteiger partial charge in [-0.05, 0) is 31.0 Å². The number of rotatable bonds is 5. The van der Waals surface area contributed by atoms with Crippen LogP contribution in [0.2, 0.25) is 5.02 Å². The first kappa shape index (κ1) is 21.8. The van der Waals surface area contributed by atoms with Crippen LogP contribution in [0.5, 0.6) is 0 Å². The van der Waals surface area contributed by atoms with Gasteiger partial charge >= 0.3 is 0 Å². The maximum atomic E-state index is 13.9. The van der Waals surface area contributed by atoms with E-state index in [1.54, 1.807) is 6.07 Å². The van der Waals surface area contributed by atoms with Gasteiger partial charge in [-0.25, -0.2) is 12.8 Å². The van der Waals surface area contributed by atoms with Crippen molar-refractivity contribution < 1.29 is 17.6 Å². The highest BCUT2D eigenvalue weighted by Crippen LogP contribution is 2.32. The van der Waals surface area contributed by atoms with Crippen LogP contribution >= 0.6 is 22.9 Å². The molecule has 0 radical (unpaired) electrons. The summed E-state index contributed by atoms with van der Waals surface area (Å²) in [6.45, 7) is 0.269. The number of anilines is 1. The number of halogens is 2. The zero-order chi connectivity index (χ0) is 22.0. The molecule has 0 saturated carbocycles. The van der Waals surface area contributed by atoms with Gasteiger partial charge in [-0.1, -0.05) is 53.3 Å². The second kappa shape index (κ2) is 8.99. The van der Waals surface area contributed by atoms with Gasteiger partial charge in [-0.3, -0.25) is 4.79 Å². The monoisotopic (exact) mass is 480 g/mol. The van der Waals surface area contributed by atoms with Crippen LogP contribution in [0.15, 0.2) is 53.4 Å². The lowest BCUT2D eigenvalue weighted by Crippen LogP contribution is -2.41. The highest BCUT2D eigenvalue weighted by molar-refractivity contribution is 7.89. The predicted molar refractivity (Wildman–Crippen MR) is 117 cm³/mol. The molecule has 2 heterocycles. The van der Waals surface area contributed by atoms with Crippen molar-refractivity contribution in [3.05, 3.63) is 59.4 Å². The molecular formula is C20H18ClFN4O3S2. The lowest BCUT2D eigenvalue weighted by Gasteiger charge is -2.30. The van der Waals surface area contributed by atoms with Gasteiger partial charge in [-0.2, -0.15) is 4.31 Å². The molecule has 31 heavy (non-hydrogen) atoms. The number of hydrogen-bond donors (Lipinski definition) is 1. The summed E-state index contributed by atoms with van der Waals surface area (Å²) in [5.74, 6) is -1.41. The standard InChI is InChI=1S/C20H18ClFN4O3S2/c21-15-6-2-1-5-14(15)19-24-25-20(30-19)23-18(27)13-9-11-26(12-10-13)31(28,29)17-8-4-3-7-16(17)22/h1-8,13H,9-12H2,(H,23,25,27). The molecule has 0 atom stereocenters. The summed E-state index contributed by atoms with van der Waals surface area (Å²) >= 11 is 7.38. The molecule has 0 spiro atoms. The van der Waals surface area contributed by atoms with Gasteiger partial charge in [0.2, 0.25) is 21.1 Å². The quantitative estimate of drug-likeness (QED) is 0.595. The number of amides is 1. The van der Waals surface area contributed by atoms with E-state index in [2.05, 4.69) is 15.5 Å². The average molecular weight is 481 g/mol. The van der Waals surface area contributed by atoms with Crippen molar-refractivity contribution >= 4 is 44.0 Å². The number of aromatic nitrogens is 2. The van der Waals surface area contributed by atoms with Crippen LogP contribution in [0, 0.1) is 11.7 Å². The molecule has 7 nitrogen and oxygen atoms in total. The fourth-order valence-electron chi connectivity index (χ4n) is 3.38. The molecule has 1 N–H and O–H groups in total. The fourth-order valence-corrected chi connectivity index (χ4v) is 5.98. The topological polar surface area (TPSA) is 92.3 Å². The first-order valence-corrected chi connectivity index (χ1v) is 12.1. The lowest BCUT2D eigenvalue weighted by molar-refractivity contribution is -0.120. The molecule has 1 aliphatic heterocycles. The largest absolute Gasteiger partial charge is 0.300 e. The summed E-state index contributed by atoms with van der Waals surface area (Å²) in [5, 5.41) is 12.3. The van der Waals surface area contributed by atoms with Crippen molar-refractivity contribution in [2.24, 2.45) is 5.92 Å². The third kappa shape index (κ3) is 4.62. The Labute approximate surface area is 187 Å². The number of nitrogens with one attached hydrogen (secondary N) is 1. The molecule has 0 unspecified atom stereocenters. The molecule has 0 bridgehead atoms. The highest BCUT2D eigenvalue weighted by atomic mass is 35.5. The molecule has 3 aromatic rings. The number of carbonyl (C=O) groups excluding carboxylic acids is 1. The Morgan fingerprint density at radius 3 is 2.48 bits per heavy atom. The van der Waals surface area contributed by atoms with Gasteiger partial charge < -0.3 is 5.32 Å². The van der Waals surface area contributed by atoms with Gasteiger partial charge in [0.15, 0.2) is 5.01 Å². The van der Waals surface area contributed by atoms with Crippen molar-refractivity contribution in [3.63, 3.8) is 0 Å². The van der Waals surface area contributed by atoms with Crippen LogP contribution in [0.4, 0.5) is 9.52 Å². The Balaban J connectivity index is 1.38. The van der Waals surface area contributed by atoms with Gasteiger partial charge in [0.05, 0.1) is 5.02 Å². The SMILES string of the molecule is O=C(Nc1nnc(-c2ccccc2Cl)s1)C1CCN(S(=O)(=O)c2ccccc2F)CC1. The number of hydrogen-bond acceptors (Lipinski definition) is 6. The minimum absolute atomic E-state index is 0.135. The third-order valence-corrected chi connectivity index (χ3v) is 8.17. The van der Waals surface area contributed by atoms with Crippen LogP contribution in [-0.2, 0) is 14.8 Å². The number of sulfonamides is 1. The summed E-state index contributed by atoms with van der Waals surface area (Å²) < 4.78 is 40.6. The van der Waals surface area contributed by atoms with Crippen LogP contribution < -0.4 is 5.32 Å². The molecule has 1 amide bonds.